The fourth-order valence-electron chi connectivity index (χ4n) is 1.67. The average molecular weight is 261 g/mol. The molecule has 0 aromatic carbocycles. The van der Waals surface area contributed by atoms with E-state index in [4.69, 9.17) is 0 Å². The molecule has 100 valence electrons. The standard InChI is InChI=1S/C11H15N7O/c1-7-9(8(2)18(3)15-7)4-5-11(19)12-6-10-13-16-17-14-10/h4-5H,6H2,1-3H3,(H,12,19)(H,13,14,16,17). The molecule has 1 amide bonds. The molecule has 0 fully saturated rings. The van der Waals surface area contributed by atoms with Gasteiger partial charge in [0.25, 0.3) is 0 Å². The van der Waals surface area contributed by atoms with Crippen LogP contribution >= 0.6 is 0 Å². The minimum atomic E-state index is -0.215. The molecule has 0 unspecified atom stereocenters. The van der Waals surface area contributed by atoms with Gasteiger partial charge in [-0.05, 0) is 19.9 Å². The molecule has 0 bridgehead atoms. The third-order valence-corrected chi connectivity index (χ3v) is 2.78. The van der Waals surface area contributed by atoms with Crippen LogP contribution in [0, 0.1) is 13.8 Å². The number of hydrogen-bond donors (Lipinski definition) is 2. The number of nitrogens with zero attached hydrogens (tertiary/aromatic N) is 5. The van der Waals surface area contributed by atoms with E-state index in [1.54, 1.807) is 10.8 Å². The Morgan fingerprint density at radius 2 is 2.26 bits per heavy atom. The molecular formula is C11H15N7O. The lowest BCUT2D eigenvalue weighted by Gasteiger charge is -1.97. The van der Waals surface area contributed by atoms with Gasteiger partial charge >= 0.3 is 0 Å². The molecule has 2 N–H and O–H groups in total. The highest BCUT2D eigenvalue weighted by atomic mass is 16.1. The molecule has 2 aromatic heterocycles. The first-order valence-corrected chi connectivity index (χ1v) is 5.76. The van der Waals surface area contributed by atoms with Crippen LogP contribution in [0.15, 0.2) is 6.08 Å². The van der Waals surface area contributed by atoms with E-state index in [0.717, 1.165) is 17.0 Å². The van der Waals surface area contributed by atoms with Crippen LogP contribution in [-0.4, -0.2) is 36.3 Å². The number of hydrogen-bond acceptors (Lipinski definition) is 5. The lowest BCUT2D eigenvalue weighted by atomic mass is 10.2. The lowest BCUT2D eigenvalue weighted by molar-refractivity contribution is -0.116. The van der Waals surface area contributed by atoms with Gasteiger partial charge in [-0.2, -0.15) is 10.3 Å². The summed E-state index contributed by atoms with van der Waals surface area (Å²) in [5.74, 6) is 0.225. The van der Waals surface area contributed by atoms with Gasteiger partial charge in [0.05, 0.1) is 12.2 Å². The van der Waals surface area contributed by atoms with E-state index in [-0.39, 0.29) is 12.5 Å². The van der Waals surface area contributed by atoms with Crippen LogP contribution in [0.25, 0.3) is 6.08 Å². The highest BCUT2D eigenvalue weighted by molar-refractivity contribution is 5.91. The second-order valence-corrected chi connectivity index (χ2v) is 4.09. The van der Waals surface area contributed by atoms with E-state index in [1.165, 1.54) is 6.08 Å². The Balaban J connectivity index is 1.96. The Morgan fingerprint density at radius 1 is 1.47 bits per heavy atom. The van der Waals surface area contributed by atoms with Crippen LogP contribution in [0.4, 0.5) is 0 Å². The topological polar surface area (TPSA) is 101 Å². The van der Waals surface area contributed by atoms with E-state index in [2.05, 4.69) is 31.0 Å². The summed E-state index contributed by atoms with van der Waals surface area (Å²) in [6.45, 7) is 4.10. The first kappa shape index (κ1) is 12.9. The molecule has 0 aliphatic carbocycles. The molecule has 0 atom stereocenters. The monoisotopic (exact) mass is 261 g/mol. The molecule has 0 saturated heterocycles. The summed E-state index contributed by atoms with van der Waals surface area (Å²) >= 11 is 0. The minimum Gasteiger partial charge on any atom is -0.345 e. The molecule has 2 aromatic rings. The maximum Gasteiger partial charge on any atom is 0.244 e. The van der Waals surface area contributed by atoms with Crippen molar-refractivity contribution in [3.05, 3.63) is 28.9 Å². The van der Waals surface area contributed by atoms with Crippen molar-refractivity contribution in [3.63, 3.8) is 0 Å². The quantitative estimate of drug-likeness (QED) is 0.747. The normalized spacial score (nSPS) is 11.1. The highest BCUT2D eigenvalue weighted by Gasteiger charge is 2.06. The van der Waals surface area contributed by atoms with E-state index in [9.17, 15) is 4.79 Å². The van der Waals surface area contributed by atoms with Crippen molar-refractivity contribution in [3.8, 4) is 0 Å². The summed E-state index contributed by atoms with van der Waals surface area (Å²) in [5, 5.41) is 20.1. The zero-order valence-electron chi connectivity index (χ0n) is 11.0. The maximum absolute atomic E-state index is 11.6. The first-order valence-electron chi connectivity index (χ1n) is 5.76. The second-order valence-electron chi connectivity index (χ2n) is 4.09. The summed E-state index contributed by atoms with van der Waals surface area (Å²) in [4.78, 5) is 11.6. The van der Waals surface area contributed by atoms with Gasteiger partial charge in [0.15, 0.2) is 5.82 Å². The summed E-state index contributed by atoms with van der Waals surface area (Å²) in [6.07, 6.45) is 3.22. The minimum absolute atomic E-state index is 0.215. The van der Waals surface area contributed by atoms with Crippen molar-refractivity contribution in [2.24, 2.45) is 7.05 Å². The Bertz CT molecular complexity index is 597. The molecule has 0 saturated carbocycles. The van der Waals surface area contributed by atoms with Crippen molar-refractivity contribution in [2.45, 2.75) is 20.4 Å². The smallest absolute Gasteiger partial charge is 0.244 e. The van der Waals surface area contributed by atoms with Crippen molar-refractivity contribution >= 4 is 12.0 Å². The fraction of sp³-hybridized carbons (Fsp3) is 0.364. The molecule has 0 aliphatic heterocycles. The third-order valence-electron chi connectivity index (χ3n) is 2.78. The predicted octanol–water partition coefficient (Wildman–Crippen LogP) is -0.120. The zero-order chi connectivity index (χ0) is 13.8. The fourth-order valence-corrected chi connectivity index (χ4v) is 1.67. The average Bonchev–Trinajstić information content (AvgIpc) is 2.96. The Kier molecular flexibility index (Phi) is 3.69. The van der Waals surface area contributed by atoms with Crippen molar-refractivity contribution < 1.29 is 4.79 Å². The molecule has 2 heterocycles. The molecule has 8 heteroatoms. The Morgan fingerprint density at radius 3 is 2.84 bits per heavy atom. The number of carbonyl (C=O) groups is 1. The molecule has 0 radical (unpaired) electrons. The number of rotatable bonds is 4. The van der Waals surface area contributed by atoms with E-state index in [0.29, 0.717) is 5.82 Å². The first-order chi connectivity index (χ1) is 9.08. The SMILES string of the molecule is Cc1nn(C)c(C)c1C=CC(=O)NCc1nn[nH]n1. The number of aryl methyl sites for hydroxylation is 2. The third kappa shape index (κ3) is 3.03. The molecular weight excluding hydrogens is 246 g/mol. The van der Waals surface area contributed by atoms with Crippen molar-refractivity contribution in [2.75, 3.05) is 0 Å². The highest BCUT2D eigenvalue weighted by Crippen LogP contribution is 2.13. The summed E-state index contributed by atoms with van der Waals surface area (Å²) in [5.41, 5.74) is 2.86. The molecule has 0 aliphatic rings. The van der Waals surface area contributed by atoms with Crippen LogP contribution < -0.4 is 5.32 Å². The predicted molar refractivity (Wildman–Crippen MR) is 67.7 cm³/mol. The zero-order valence-corrected chi connectivity index (χ0v) is 11.0. The Hall–Kier alpha value is -2.51. The van der Waals surface area contributed by atoms with Gasteiger partial charge in [0, 0.05) is 24.4 Å². The van der Waals surface area contributed by atoms with E-state index < -0.39 is 0 Å². The number of carbonyl (C=O) groups excluding carboxylic acids is 1. The van der Waals surface area contributed by atoms with Crippen LogP contribution in [-0.2, 0) is 18.4 Å². The summed E-state index contributed by atoms with van der Waals surface area (Å²) < 4.78 is 1.78. The molecule has 2 rings (SSSR count). The van der Waals surface area contributed by atoms with Crippen LogP contribution in [0.2, 0.25) is 0 Å². The number of nitrogens with one attached hydrogen (secondary N) is 2. The van der Waals surface area contributed by atoms with Crippen LogP contribution in [0.5, 0.6) is 0 Å². The largest absolute Gasteiger partial charge is 0.345 e. The number of tetrazole rings is 1. The van der Waals surface area contributed by atoms with E-state index >= 15 is 0 Å². The number of H-pyrrole nitrogens is 1. The molecule has 0 spiro atoms. The lowest BCUT2D eigenvalue weighted by Crippen LogP contribution is -2.21. The van der Waals surface area contributed by atoms with Crippen molar-refractivity contribution in [1.29, 1.82) is 0 Å². The number of aromatic nitrogens is 6. The second kappa shape index (κ2) is 5.42. The molecule has 19 heavy (non-hydrogen) atoms. The number of aromatic amines is 1. The Labute approximate surface area is 109 Å². The van der Waals surface area contributed by atoms with Gasteiger partial charge in [-0.15, -0.1) is 10.2 Å². The van der Waals surface area contributed by atoms with Gasteiger partial charge in [-0.1, -0.05) is 5.21 Å². The van der Waals surface area contributed by atoms with Gasteiger partial charge in [-0.3, -0.25) is 9.48 Å². The van der Waals surface area contributed by atoms with Gasteiger partial charge < -0.3 is 5.32 Å². The summed E-state index contributed by atoms with van der Waals surface area (Å²) in [6, 6.07) is 0. The van der Waals surface area contributed by atoms with Gasteiger partial charge in [0.1, 0.15) is 0 Å². The maximum atomic E-state index is 11.6. The number of amides is 1. The van der Waals surface area contributed by atoms with Crippen LogP contribution in [0.1, 0.15) is 22.8 Å². The van der Waals surface area contributed by atoms with E-state index in [1.807, 2.05) is 20.9 Å². The van der Waals surface area contributed by atoms with Gasteiger partial charge in [0.2, 0.25) is 5.91 Å². The van der Waals surface area contributed by atoms with Crippen LogP contribution in [0.3, 0.4) is 0 Å². The van der Waals surface area contributed by atoms with Gasteiger partial charge in [-0.25, -0.2) is 0 Å². The summed E-state index contributed by atoms with van der Waals surface area (Å²) in [7, 11) is 1.87. The molecule has 8 nitrogen and oxygen atoms in total. The van der Waals surface area contributed by atoms with Crippen molar-refractivity contribution in [1.82, 2.24) is 35.7 Å².